The minimum absolute atomic E-state index is 0.209. The standard InChI is InChI=1S/C13H16F2O2/c1-3-5-9-16-11-7-6-10(14)12(15)13(11)17-8-4-2/h4,6-8H,3,5,9H2,1-2H3. The zero-order chi connectivity index (χ0) is 12.7. The smallest absolute Gasteiger partial charge is 0.206 e. The summed E-state index contributed by atoms with van der Waals surface area (Å²) in [5.74, 6) is -1.97. The van der Waals surface area contributed by atoms with Gasteiger partial charge in [0, 0.05) is 0 Å². The molecule has 94 valence electrons. The van der Waals surface area contributed by atoms with E-state index in [2.05, 4.69) is 0 Å². The molecule has 0 aliphatic carbocycles. The Morgan fingerprint density at radius 1 is 1.29 bits per heavy atom. The summed E-state index contributed by atoms with van der Waals surface area (Å²) in [7, 11) is 0. The lowest BCUT2D eigenvalue weighted by Gasteiger charge is -2.11. The molecule has 0 N–H and O–H groups in total. The zero-order valence-electron chi connectivity index (χ0n) is 10.0. The number of hydrogen-bond donors (Lipinski definition) is 0. The lowest BCUT2D eigenvalue weighted by Crippen LogP contribution is -2.01. The van der Waals surface area contributed by atoms with Crippen molar-refractivity contribution in [2.45, 2.75) is 26.7 Å². The van der Waals surface area contributed by atoms with Crippen molar-refractivity contribution in [3.8, 4) is 11.5 Å². The Bertz CT molecular complexity index is 389. The van der Waals surface area contributed by atoms with E-state index in [1.807, 2.05) is 6.92 Å². The molecule has 0 spiro atoms. The van der Waals surface area contributed by atoms with Crippen molar-refractivity contribution in [3.05, 3.63) is 36.1 Å². The van der Waals surface area contributed by atoms with Gasteiger partial charge in [0.25, 0.3) is 0 Å². The minimum atomic E-state index is -1.03. The van der Waals surface area contributed by atoms with E-state index in [0.29, 0.717) is 6.61 Å². The third-order valence-corrected chi connectivity index (χ3v) is 2.09. The highest BCUT2D eigenvalue weighted by Gasteiger charge is 2.15. The van der Waals surface area contributed by atoms with Crippen LogP contribution in [0.15, 0.2) is 24.5 Å². The number of ether oxygens (including phenoxy) is 2. The maximum Gasteiger partial charge on any atom is 0.206 e. The summed E-state index contributed by atoms with van der Waals surface area (Å²) < 4.78 is 36.9. The molecule has 0 atom stereocenters. The van der Waals surface area contributed by atoms with Crippen LogP contribution in [0.3, 0.4) is 0 Å². The molecular formula is C13H16F2O2. The Labute approximate surface area is 99.9 Å². The molecular weight excluding hydrogens is 226 g/mol. The van der Waals surface area contributed by atoms with E-state index in [4.69, 9.17) is 9.47 Å². The highest BCUT2D eigenvalue weighted by Crippen LogP contribution is 2.32. The van der Waals surface area contributed by atoms with Gasteiger partial charge in [0.05, 0.1) is 12.9 Å². The molecule has 0 amide bonds. The van der Waals surface area contributed by atoms with Crippen LogP contribution in [0, 0.1) is 11.6 Å². The van der Waals surface area contributed by atoms with Crippen molar-refractivity contribution < 1.29 is 18.3 Å². The average Bonchev–Trinajstić information content (AvgIpc) is 2.33. The van der Waals surface area contributed by atoms with E-state index in [1.54, 1.807) is 13.0 Å². The monoisotopic (exact) mass is 242 g/mol. The summed E-state index contributed by atoms with van der Waals surface area (Å²) in [4.78, 5) is 0. The van der Waals surface area contributed by atoms with Crippen LogP contribution in [-0.4, -0.2) is 6.61 Å². The molecule has 0 heterocycles. The van der Waals surface area contributed by atoms with E-state index < -0.39 is 11.6 Å². The maximum atomic E-state index is 13.5. The summed E-state index contributed by atoms with van der Waals surface area (Å²) in [6.07, 6.45) is 4.68. The molecule has 0 aliphatic rings. The number of rotatable bonds is 6. The van der Waals surface area contributed by atoms with Gasteiger partial charge in [0.1, 0.15) is 0 Å². The van der Waals surface area contributed by atoms with Crippen molar-refractivity contribution in [1.82, 2.24) is 0 Å². The van der Waals surface area contributed by atoms with Gasteiger partial charge in [-0.1, -0.05) is 19.4 Å². The number of allylic oxidation sites excluding steroid dienone is 1. The van der Waals surface area contributed by atoms with Crippen LogP contribution in [0.2, 0.25) is 0 Å². The van der Waals surface area contributed by atoms with E-state index >= 15 is 0 Å². The fourth-order valence-corrected chi connectivity index (χ4v) is 1.20. The summed E-state index contributed by atoms with van der Waals surface area (Å²) >= 11 is 0. The van der Waals surface area contributed by atoms with Crippen LogP contribution in [0.25, 0.3) is 0 Å². The number of benzene rings is 1. The molecule has 1 aromatic carbocycles. The van der Waals surface area contributed by atoms with Crippen LogP contribution in [0.1, 0.15) is 26.7 Å². The molecule has 2 nitrogen and oxygen atoms in total. The highest BCUT2D eigenvalue weighted by atomic mass is 19.2. The fraction of sp³-hybridized carbons (Fsp3) is 0.385. The van der Waals surface area contributed by atoms with E-state index in [0.717, 1.165) is 18.9 Å². The quantitative estimate of drug-likeness (QED) is 0.553. The van der Waals surface area contributed by atoms with Crippen molar-refractivity contribution >= 4 is 0 Å². The lowest BCUT2D eigenvalue weighted by molar-refractivity contribution is 0.287. The summed E-state index contributed by atoms with van der Waals surface area (Å²) in [5, 5.41) is 0. The molecule has 0 saturated carbocycles. The summed E-state index contributed by atoms with van der Waals surface area (Å²) in [5.41, 5.74) is 0. The first kappa shape index (κ1) is 13.5. The first-order valence-electron chi connectivity index (χ1n) is 5.59. The molecule has 0 bridgehead atoms. The Hall–Kier alpha value is -1.58. The van der Waals surface area contributed by atoms with Gasteiger partial charge in [-0.05, 0) is 25.5 Å². The second-order valence-electron chi connectivity index (χ2n) is 3.48. The second-order valence-corrected chi connectivity index (χ2v) is 3.48. The number of hydrogen-bond acceptors (Lipinski definition) is 2. The van der Waals surface area contributed by atoms with Gasteiger partial charge in [0.2, 0.25) is 11.6 Å². The van der Waals surface area contributed by atoms with Crippen molar-refractivity contribution in [2.24, 2.45) is 0 Å². The van der Waals surface area contributed by atoms with Crippen molar-refractivity contribution in [2.75, 3.05) is 6.61 Å². The topological polar surface area (TPSA) is 18.5 Å². The van der Waals surface area contributed by atoms with Crippen LogP contribution >= 0.6 is 0 Å². The zero-order valence-corrected chi connectivity index (χ0v) is 10.0. The lowest BCUT2D eigenvalue weighted by atomic mass is 10.3. The summed E-state index contributed by atoms with van der Waals surface area (Å²) in [6, 6.07) is 2.39. The predicted molar refractivity (Wildman–Crippen MR) is 62.2 cm³/mol. The van der Waals surface area contributed by atoms with E-state index in [-0.39, 0.29) is 11.5 Å². The molecule has 4 heteroatoms. The normalized spacial score (nSPS) is 10.8. The van der Waals surface area contributed by atoms with Gasteiger partial charge in [-0.25, -0.2) is 4.39 Å². The van der Waals surface area contributed by atoms with Gasteiger partial charge in [0.15, 0.2) is 11.6 Å². The molecule has 1 rings (SSSR count). The molecule has 0 fully saturated rings. The van der Waals surface area contributed by atoms with E-state index in [1.165, 1.54) is 12.3 Å². The van der Waals surface area contributed by atoms with Gasteiger partial charge >= 0.3 is 0 Å². The Kier molecular flexibility index (Phi) is 5.46. The molecule has 17 heavy (non-hydrogen) atoms. The molecule has 1 aromatic rings. The number of halogens is 2. The first-order valence-corrected chi connectivity index (χ1v) is 5.59. The van der Waals surface area contributed by atoms with Crippen molar-refractivity contribution in [3.63, 3.8) is 0 Å². The SMILES string of the molecule is CC=COc1c(OCCCC)ccc(F)c1F. The maximum absolute atomic E-state index is 13.5. The van der Waals surface area contributed by atoms with Crippen molar-refractivity contribution in [1.29, 1.82) is 0 Å². The summed E-state index contributed by atoms with van der Waals surface area (Å²) in [6.45, 7) is 4.19. The molecule has 0 saturated heterocycles. The Morgan fingerprint density at radius 2 is 2.06 bits per heavy atom. The largest absolute Gasteiger partial charge is 0.490 e. The second kappa shape index (κ2) is 6.89. The number of unbranched alkanes of at least 4 members (excludes halogenated alkanes) is 1. The molecule has 0 aliphatic heterocycles. The van der Waals surface area contributed by atoms with Gasteiger partial charge in [-0.3, -0.25) is 0 Å². The molecule has 0 radical (unpaired) electrons. The van der Waals surface area contributed by atoms with Gasteiger partial charge in [-0.2, -0.15) is 4.39 Å². The van der Waals surface area contributed by atoms with Gasteiger partial charge in [-0.15, -0.1) is 0 Å². The third kappa shape index (κ3) is 3.73. The molecule has 0 aromatic heterocycles. The fourth-order valence-electron chi connectivity index (χ4n) is 1.20. The minimum Gasteiger partial charge on any atom is -0.490 e. The highest BCUT2D eigenvalue weighted by molar-refractivity contribution is 5.42. The first-order chi connectivity index (χ1) is 8.20. The van der Waals surface area contributed by atoms with Crippen LogP contribution in [-0.2, 0) is 0 Å². The average molecular weight is 242 g/mol. The van der Waals surface area contributed by atoms with E-state index in [9.17, 15) is 8.78 Å². The third-order valence-electron chi connectivity index (χ3n) is 2.09. The van der Waals surface area contributed by atoms with Crippen LogP contribution in [0.4, 0.5) is 8.78 Å². The Balaban J connectivity index is 2.90. The van der Waals surface area contributed by atoms with Gasteiger partial charge < -0.3 is 9.47 Å². The Morgan fingerprint density at radius 3 is 2.71 bits per heavy atom. The van der Waals surface area contributed by atoms with Crippen LogP contribution < -0.4 is 9.47 Å². The van der Waals surface area contributed by atoms with Crippen LogP contribution in [0.5, 0.6) is 11.5 Å². The predicted octanol–water partition coefficient (Wildman–Crippen LogP) is 4.06. The molecule has 0 unspecified atom stereocenters.